The van der Waals surface area contributed by atoms with E-state index in [1.54, 1.807) is 39.0 Å². The minimum absolute atomic E-state index is 0.284. The zero-order chi connectivity index (χ0) is 13.8. The molecule has 1 aromatic rings. The van der Waals surface area contributed by atoms with Gasteiger partial charge in [0.15, 0.2) is 11.9 Å². The van der Waals surface area contributed by atoms with Crippen LogP contribution in [0.1, 0.15) is 31.1 Å². The number of benzene rings is 1. The van der Waals surface area contributed by atoms with Crippen molar-refractivity contribution in [2.45, 2.75) is 26.4 Å². The van der Waals surface area contributed by atoms with E-state index in [9.17, 15) is 9.59 Å². The third-order valence-electron chi connectivity index (χ3n) is 2.23. The van der Waals surface area contributed by atoms with E-state index in [-0.39, 0.29) is 6.61 Å². The molecule has 1 aromatic carbocycles. The van der Waals surface area contributed by atoms with Gasteiger partial charge in [0, 0.05) is 4.47 Å². The van der Waals surface area contributed by atoms with Crippen LogP contribution in [0.4, 0.5) is 0 Å². The smallest absolute Gasteiger partial charge is 0.349 e. The third kappa shape index (κ3) is 3.57. The molecule has 1 rings (SSSR count). The van der Waals surface area contributed by atoms with Crippen LogP contribution in [-0.4, -0.2) is 24.5 Å². The Bertz CT molecular complexity index is 454. The molecule has 5 heteroatoms. The average molecular weight is 315 g/mol. The van der Waals surface area contributed by atoms with Gasteiger partial charge in [0.1, 0.15) is 5.75 Å². The summed E-state index contributed by atoms with van der Waals surface area (Å²) in [6.07, 6.45) is 0.682. The van der Waals surface area contributed by atoms with Gasteiger partial charge in [-0.15, -0.1) is 0 Å². The first kappa shape index (κ1) is 14.7. The van der Waals surface area contributed by atoms with Gasteiger partial charge in [-0.2, -0.15) is 0 Å². The summed E-state index contributed by atoms with van der Waals surface area (Å²) in [5, 5.41) is 0. The Kier molecular flexibility index (Phi) is 4.90. The lowest BCUT2D eigenvalue weighted by molar-refractivity contribution is -0.158. The number of ether oxygens (including phenoxy) is 2. The van der Waals surface area contributed by atoms with Crippen LogP contribution in [0.2, 0.25) is 0 Å². The van der Waals surface area contributed by atoms with Gasteiger partial charge in [0.05, 0.1) is 12.2 Å². The highest BCUT2D eigenvalue weighted by Gasteiger charge is 2.32. The van der Waals surface area contributed by atoms with Crippen LogP contribution < -0.4 is 4.74 Å². The van der Waals surface area contributed by atoms with E-state index in [2.05, 4.69) is 15.9 Å². The van der Waals surface area contributed by atoms with Gasteiger partial charge in [0.25, 0.3) is 0 Å². The Balaban J connectivity index is 2.96. The second-order valence-corrected chi connectivity index (χ2v) is 5.05. The van der Waals surface area contributed by atoms with E-state index in [1.165, 1.54) is 0 Å². The minimum Gasteiger partial charge on any atom is -0.475 e. The summed E-state index contributed by atoms with van der Waals surface area (Å²) in [6, 6.07) is 5.00. The van der Waals surface area contributed by atoms with E-state index in [1.807, 2.05) is 0 Å². The Morgan fingerprint density at radius 3 is 2.67 bits per heavy atom. The molecule has 0 saturated carbocycles. The fourth-order valence-electron chi connectivity index (χ4n) is 1.33. The highest BCUT2D eigenvalue weighted by molar-refractivity contribution is 9.10. The number of carbonyl (C=O) groups excluding carboxylic acids is 2. The van der Waals surface area contributed by atoms with Crippen LogP contribution in [0, 0.1) is 0 Å². The summed E-state index contributed by atoms with van der Waals surface area (Å²) in [4.78, 5) is 22.6. The predicted molar refractivity (Wildman–Crippen MR) is 70.9 cm³/mol. The molecule has 0 fully saturated rings. The number of hydrogen-bond acceptors (Lipinski definition) is 4. The second-order valence-electron chi connectivity index (χ2n) is 4.13. The van der Waals surface area contributed by atoms with Crippen molar-refractivity contribution in [2.24, 2.45) is 0 Å². The molecule has 0 heterocycles. The molecule has 0 radical (unpaired) electrons. The normalized spacial score (nSPS) is 10.9. The Labute approximate surface area is 114 Å². The van der Waals surface area contributed by atoms with Gasteiger partial charge in [0.2, 0.25) is 0 Å². The Morgan fingerprint density at radius 2 is 2.11 bits per heavy atom. The van der Waals surface area contributed by atoms with Gasteiger partial charge < -0.3 is 9.47 Å². The van der Waals surface area contributed by atoms with E-state index in [0.29, 0.717) is 17.6 Å². The van der Waals surface area contributed by atoms with Crippen LogP contribution in [-0.2, 0) is 9.53 Å². The van der Waals surface area contributed by atoms with E-state index in [0.717, 1.165) is 4.47 Å². The monoisotopic (exact) mass is 314 g/mol. The molecule has 0 amide bonds. The molecule has 0 N–H and O–H groups in total. The minimum atomic E-state index is -1.14. The molecule has 0 atom stereocenters. The van der Waals surface area contributed by atoms with Crippen LogP contribution in [0.25, 0.3) is 0 Å². The number of carbonyl (C=O) groups is 2. The molecule has 0 unspecified atom stereocenters. The molecule has 18 heavy (non-hydrogen) atoms. The fourth-order valence-corrected chi connectivity index (χ4v) is 1.70. The number of esters is 1. The van der Waals surface area contributed by atoms with Gasteiger partial charge in [-0.3, -0.25) is 4.79 Å². The van der Waals surface area contributed by atoms with Gasteiger partial charge >= 0.3 is 5.97 Å². The van der Waals surface area contributed by atoms with Crippen molar-refractivity contribution in [1.82, 2.24) is 0 Å². The number of aldehydes is 1. The van der Waals surface area contributed by atoms with Crippen molar-refractivity contribution in [3.8, 4) is 5.75 Å². The third-order valence-corrected chi connectivity index (χ3v) is 2.72. The average Bonchev–Trinajstić information content (AvgIpc) is 2.31. The van der Waals surface area contributed by atoms with Crippen molar-refractivity contribution in [1.29, 1.82) is 0 Å². The van der Waals surface area contributed by atoms with Gasteiger partial charge in [-0.05, 0) is 39.0 Å². The summed E-state index contributed by atoms with van der Waals surface area (Å²) in [7, 11) is 0. The molecule has 0 aromatic heterocycles. The highest BCUT2D eigenvalue weighted by Crippen LogP contribution is 2.26. The van der Waals surface area contributed by atoms with Crippen molar-refractivity contribution in [2.75, 3.05) is 6.61 Å². The first-order valence-corrected chi connectivity index (χ1v) is 6.31. The van der Waals surface area contributed by atoms with Crippen LogP contribution in [0.3, 0.4) is 0 Å². The van der Waals surface area contributed by atoms with Crippen LogP contribution >= 0.6 is 15.9 Å². The molecule has 0 bridgehead atoms. The summed E-state index contributed by atoms with van der Waals surface area (Å²) >= 11 is 3.26. The predicted octanol–water partition coefficient (Wildman–Crippen LogP) is 2.98. The maximum Gasteiger partial charge on any atom is 0.349 e. The Hall–Kier alpha value is -1.36. The molecule has 0 aliphatic carbocycles. The largest absolute Gasteiger partial charge is 0.475 e. The lowest BCUT2D eigenvalue weighted by atomic mass is 10.1. The fraction of sp³-hybridized carbons (Fsp3) is 0.385. The highest BCUT2D eigenvalue weighted by atomic mass is 79.9. The molecular weight excluding hydrogens is 300 g/mol. The van der Waals surface area contributed by atoms with E-state index < -0.39 is 11.6 Å². The van der Waals surface area contributed by atoms with E-state index >= 15 is 0 Å². The van der Waals surface area contributed by atoms with Gasteiger partial charge in [-0.25, -0.2) is 4.79 Å². The lowest BCUT2D eigenvalue weighted by Crippen LogP contribution is -2.40. The summed E-state index contributed by atoms with van der Waals surface area (Å²) in [6.45, 7) is 5.21. The van der Waals surface area contributed by atoms with Crippen molar-refractivity contribution < 1.29 is 19.1 Å². The van der Waals surface area contributed by atoms with Crippen LogP contribution in [0.5, 0.6) is 5.75 Å². The van der Waals surface area contributed by atoms with E-state index in [4.69, 9.17) is 9.47 Å². The number of halogens is 1. The quantitative estimate of drug-likeness (QED) is 0.619. The van der Waals surface area contributed by atoms with Gasteiger partial charge in [-0.1, -0.05) is 15.9 Å². The molecule has 98 valence electrons. The molecular formula is C13H15BrO4. The molecule has 0 aliphatic rings. The van der Waals surface area contributed by atoms with Crippen molar-refractivity contribution in [3.05, 3.63) is 28.2 Å². The molecule has 0 saturated heterocycles. The number of hydrogen-bond donors (Lipinski definition) is 0. The Morgan fingerprint density at radius 1 is 1.44 bits per heavy atom. The standard InChI is InChI=1S/C13H15BrO4/c1-4-17-12(16)13(2,3)18-11-6-5-10(14)7-9(11)8-15/h5-8H,4H2,1-3H3. The summed E-state index contributed by atoms with van der Waals surface area (Å²) in [5.74, 6) is -0.115. The lowest BCUT2D eigenvalue weighted by Gasteiger charge is -2.24. The zero-order valence-corrected chi connectivity index (χ0v) is 12.1. The van der Waals surface area contributed by atoms with Crippen molar-refractivity contribution >= 4 is 28.2 Å². The topological polar surface area (TPSA) is 52.6 Å². The van der Waals surface area contributed by atoms with Crippen molar-refractivity contribution in [3.63, 3.8) is 0 Å². The second kappa shape index (κ2) is 6.00. The maximum atomic E-state index is 11.7. The maximum absolute atomic E-state index is 11.7. The zero-order valence-electron chi connectivity index (χ0n) is 10.5. The first-order valence-electron chi connectivity index (χ1n) is 5.51. The summed E-state index contributed by atoms with van der Waals surface area (Å²) in [5.41, 5.74) is -0.761. The van der Waals surface area contributed by atoms with Crippen LogP contribution in [0.15, 0.2) is 22.7 Å². The SMILES string of the molecule is CCOC(=O)C(C)(C)Oc1ccc(Br)cc1C=O. The molecule has 4 nitrogen and oxygen atoms in total. The molecule has 0 spiro atoms. The first-order chi connectivity index (χ1) is 8.40. The molecule has 0 aliphatic heterocycles. The number of rotatable bonds is 5. The summed E-state index contributed by atoms with van der Waals surface area (Å²) < 4.78 is 11.3.